The van der Waals surface area contributed by atoms with Crippen LogP contribution in [0, 0.1) is 6.92 Å². The van der Waals surface area contributed by atoms with E-state index in [4.69, 9.17) is 9.67 Å². The molecule has 0 radical (unpaired) electrons. The van der Waals surface area contributed by atoms with Crippen LogP contribution in [0.3, 0.4) is 0 Å². The highest BCUT2D eigenvalue weighted by atomic mass is 32.2. The summed E-state index contributed by atoms with van der Waals surface area (Å²) in [6, 6.07) is 11.1. The average molecular weight is 670 g/mol. The fraction of sp³-hybridized carbons (Fsp3) is 0.344. The zero-order chi connectivity index (χ0) is 32.1. The Kier molecular flexibility index (Phi) is 10.9. The van der Waals surface area contributed by atoms with E-state index in [0.29, 0.717) is 38.5 Å². The van der Waals surface area contributed by atoms with Crippen molar-refractivity contribution in [1.82, 2.24) is 9.88 Å². The van der Waals surface area contributed by atoms with E-state index in [1.807, 2.05) is 43.8 Å². The van der Waals surface area contributed by atoms with Crippen LogP contribution in [0.4, 0.5) is 5.69 Å². The van der Waals surface area contributed by atoms with Crippen molar-refractivity contribution < 1.29 is 28.4 Å². The highest BCUT2D eigenvalue weighted by Gasteiger charge is 2.25. The number of hydrogen-bond acceptors (Lipinski definition) is 10. The molecule has 13 heteroatoms. The van der Waals surface area contributed by atoms with Gasteiger partial charge in [0.2, 0.25) is 11.5 Å². The number of thioether (sulfide) groups is 1. The van der Waals surface area contributed by atoms with Crippen LogP contribution in [-0.2, 0) is 21.2 Å². The quantitative estimate of drug-likeness (QED) is 0.0695. The normalized spacial score (nSPS) is 15.4. The summed E-state index contributed by atoms with van der Waals surface area (Å²) in [4.78, 5) is 31.5. The Morgan fingerprint density at radius 3 is 2.78 bits per heavy atom. The predicted octanol–water partition coefficient (Wildman–Crippen LogP) is 5.17. The Hall–Kier alpha value is -3.33. The number of oxazole rings is 1. The topological polar surface area (TPSA) is 110 Å². The summed E-state index contributed by atoms with van der Waals surface area (Å²) >= 11 is 3.85. The van der Waals surface area contributed by atoms with Gasteiger partial charge in [-0.1, -0.05) is 49.6 Å². The lowest BCUT2D eigenvalue weighted by Crippen LogP contribution is -2.42. The molecule has 4 aromatic rings. The van der Waals surface area contributed by atoms with E-state index in [0.717, 1.165) is 47.5 Å². The van der Waals surface area contributed by atoms with Crippen molar-refractivity contribution in [3.63, 3.8) is 0 Å². The highest BCUT2D eigenvalue weighted by molar-refractivity contribution is 8.03. The summed E-state index contributed by atoms with van der Waals surface area (Å²) in [6.07, 6.45) is 9.11. The second-order valence-corrected chi connectivity index (χ2v) is 13.6. The van der Waals surface area contributed by atoms with E-state index in [9.17, 15) is 9.59 Å². The van der Waals surface area contributed by atoms with Gasteiger partial charge in [-0.25, -0.2) is 5.26 Å². The van der Waals surface area contributed by atoms with E-state index in [-0.39, 0.29) is 11.5 Å². The lowest BCUT2D eigenvalue weighted by Gasteiger charge is -2.16. The monoisotopic (exact) mass is 669 g/mol. The predicted molar refractivity (Wildman–Crippen MR) is 179 cm³/mol. The van der Waals surface area contributed by atoms with E-state index in [1.165, 1.54) is 21.8 Å². The Morgan fingerprint density at radius 1 is 1.20 bits per heavy atom. The number of thiazole rings is 1. The molecule has 45 heavy (non-hydrogen) atoms. The number of aryl methyl sites for hydroxylation is 2. The van der Waals surface area contributed by atoms with Crippen molar-refractivity contribution in [2.45, 2.75) is 62.3 Å². The van der Waals surface area contributed by atoms with Crippen LogP contribution in [-0.4, -0.2) is 29.3 Å². The Balaban J connectivity index is 1.59. The number of carbonyl (C=O) groups excluding carboxylic acids is 1. The Bertz CT molecular complexity index is 1910. The van der Waals surface area contributed by atoms with Crippen LogP contribution in [0.25, 0.3) is 23.3 Å². The number of aromatic nitrogens is 2. The lowest BCUT2D eigenvalue weighted by molar-refractivity contribution is -0.652. The highest BCUT2D eigenvalue weighted by Crippen LogP contribution is 2.45. The van der Waals surface area contributed by atoms with Gasteiger partial charge in [0.1, 0.15) is 17.6 Å². The SMILES string of the molecule is CCCCCNC(=O)C(CC)n1c(=CC=C2Sc3ccc(C)cc3N2C)sc(=Cc2oc3ccc(SOOO)cc3[n+]2C)c1=O. The van der Waals surface area contributed by atoms with Crippen LogP contribution in [0.15, 0.2) is 66.5 Å². The molecule has 0 saturated carbocycles. The molecule has 2 aromatic carbocycles. The van der Waals surface area contributed by atoms with Gasteiger partial charge >= 0.3 is 5.89 Å². The number of benzene rings is 2. The molecular weight excluding hydrogens is 633 g/mol. The van der Waals surface area contributed by atoms with E-state index < -0.39 is 6.04 Å². The van der Waals surface area contributed by atoms with Crippen LogP contribution in [0.1, 0.15) is 57.0 Å². The summed E-state index contributed by atoms with van der Waals surface area (Å²) in [5, 5.41) is 16.3. The molecule has 10 nitrogen and oxygen atoms in total. The molecule has 1 unspecified atom stereocenters. The van der Waals surface area contributed by atoms with Gasteiger partial charge in [-0.3, -0.25) is 14.2 Å². The van der Waals surface area contributed by atoms with Crippen molar-refractivity contribution in [2.24, 2.45) is 7.05 Å². The van der Waals surface area contributed by atoms with Crippen molar-refractivity contribution in [3.8, 4) is 0 Å². The van der Waals surface area contributed by atoms with Gasteiger partial charge in [-0.05, 0) is 61.7 Å². The van der Waals surface area contributed by atoms with Gasteiger partial charge < -0.3 is 14.6 Å². The molecule has 2 N–H and O–H groups in total. The zero-order valence-electron chi connectivity index (χ0n) is 25.9. The molecule has 5 rings (SSSR count). The fourth-order valence-electron chi connectivity index (χ4n) is 5.17. The number of anilines is 1. The third-order valence-corrected chi connectivity index (χ3v) is 10.4. The van der Waals surface area contributed by atoms with Crippen LogP contribution in [0.5, 0.6) is 0 Å². The molecule has 0 aliphatic carbocycles. The molecular formula is C32H37N4O6S3+. The maximum Gasteiger partial charge on any atom is 0.375 e. The molecule has 238 valence electrons. The van der Waals surface area contributed by atoms with Crippen molar-refractivity contribution in [2.75, 3.05) is 18.5 Å². The first kappa shape index (κ1) is 33.0. The smallest absolute Gasteiger partial charge is 0.375 e. The maximum atomic E-state index is 14.0. The molecule has 1 atom stereocenters. The van der Waals surface area contributed by atoms with Crippen molar-refractivity contribution in [1.29, 1.82) is 0 Å². The van der Waals surface area contributed by atoms with Gasteiger partial charge in [-0.2, -0.15) is 4.57 Å². The maximum absolute atomic E-state index is 14.0. The summed E-state index contributed by atoms with van der Waals surface area (Å²) in [6.45, 7) is 6.70. The first-order valence-electron chi connectivity index (χ1n) is 14.8. The number of unbranched alkanes of at least 4 members (excludes halogenated alkanes) is 2. The van der Waals surface area contributed by atoms with Gasteiger partial charge in [-0.15, -0.1) is 15.7 Å². The summed E-state index contributed by atoms with van der Waals surface area (Å²) in [5.41, 5.74) is 3.45. The fourth-order valence-corrected chi connectivity index (χ4v) is 7.61. The molecule has 0 fully saturated rings. The second kappa shape index (κ2) is 14.8. The number of rotatable bonds is 12. The summed E-state index contributed by atoms with van der Waals surface area (Å²) < 4.78 is 15.2. The Morgan fingerprint density at radius 2 is 2.02 bits per heavy atom. The van der Waals surface area contributed by atoms with E-state index in [2.05, 4.69) is 51.6 Å². The number of nitrogens with zero attached hydrogens (tertiary/aromatic N) is 3. The van der Waals surface area contributed by atoms with Gasteiger partial charge in [0.15, 0.2) is 0 Å². The second-order valence-electron chi connectivity index (χ2n) is 10.7. The molecule has 0 bridgehead atoms. The molecule has 1 aliphatic heterocycles. The van der Waals surface area contributed by atoms with E-state index in [1.54, 1.807) is 34.5 Å². The average Bonchev–Trinajstić information content (AvgIpc) is 3.63. The number of nitrogens with one attached hydrogen (secondary N) is 1. The molecule has 2 aromatic heterocycles. The van der Waals surface area contributed by atoms with Gasteiger partial charge in [0, 0.05) is 29.4 Å². The first-order chi connectivity index (χ1) is 21.7. The number of hydrogen-bond donors (Lipinski definition) is 2. The minimum atomic E-state index is -0.659. The van der Waals surface area contributed by atoms with Crippen LogP contribution < -0.4 is 29.5 Å². The molecule has 1 aliphatic rings. The van der Waals surface area contributed by atoms with Crippen LogP contribution in [0.2, 0.25) is 0 Å². The lowest BCUT2D eigenvalue weighted by atomic mass is 10.2. The molecule has 1 amide bonds. The molecule has 0 spiro atoms. The zero-order valence-corrected chi connectivity index (χ0v) is 28.3. The largest absolute Gasteiger partial charge is 0.398 e. The molecule has 0 saturated heterocycles. The number of allylic oxidation sites excluding steroid dienone is 1. The summed E-state index contributed by atoms with van der Waals surface area (Å²) in [7, 11) is 3.87. The number of amides is 1. The standard InChI is InChI=1S/C32H36N4O6S3/c1-6-8-9-16-33-31(37)22(7-2)36-30(15-14-29-35(5)24-17-20(3)10-13-26(24)43-29)44-27(32(36)38)19-28-34(4)23-18-21(45-42-41-39)11-12-25(23)40-28/h10-15,17-19,22H,6-9,16H2,1-5H3,(H-,33,37,39)/p+1. The summed E-state index contributed by atoms with van der Waals surface area (Å²) in [5.74, 6) is 0.307. The third-order valence-electron chi connectivity index (χ3n) is 7.60. The van der Waals surface area contributed by atoms with Crippen LogP contribution >= 0.6 is 35.1 Å². The number of carbonyl (C=O) groups is 1. The van der Waals surface area contributed by atoms with Crippen molar-refractivity contribution in [3.05, 3.63) is 78.5 Å². The minimum Gasteiger partial charge on any atom is -0.398 e. The van der Waals surface area contributed by atoms with Gasteiger partial charge in [0.25, 0.3) is 11.1 Å². The molecule has 3 heterocycles. The third kappa shape index (κ3) is 7.24. The van der Waals surface area contributed by atoms with Crippen molar-refractivity contribution >= 4 is 70.0 Å². The first-order valence-corrected chi connectivity index (χ1v) is 17.2. The van der Waals surface area contributed by atoms with Gasteiger partial charge in [0.05, 0.1) is 33.5 Å². The number of fused-ring (bicyclic) bond motifs is 2. The Labute approximate surface area is 273 Å². The van der Waals surface area contributed by atoms with E-state index >= 15 is 0 Å². The minimum absolute atomic E-state index is 0.161.